The lowest BCUT2D eigenvalue weighted by Crippen LogP contribution is -2.50. The molecular weight excluding hydrogens is 212 g/mol. The number of ether oxygens (including phenoxy) is 2. The van der Waals surface area contributed by atoms with Gasteiger partial charge in [-0.2, -0.15) is 0 Å². The van der Waals surface area contributed by atoms with E-state index in [0.717, 1.165) is 25.6 Å². The Balaban J connectivity index is 1.67. The lowest BCUT2D eigenvalue weighted by atomic mass is 9.74. The van der Waals surface area contributed by atoms with Crippen LogP contribution in [-0.4, -0.2) is 19.0 Å². The van der Waals surface area contributed by atoms with Crippen molar-refractivity contribution in [3.63, 3.8) is 0 Å². The molecule has 3 fully saturated rings. The Hall–Kier alpha value is -0.0800. The van der Waals surface area contributed by atoms with Gasteiger partial charge < -0.3 is 9.47 Å². The molecule has 3 rings (SSSR count). The van der Waals surface area contributed by atoms with Crippen molar-refractivity contribution in [3.05, 3.63) is 0 Å². The molecule has 2 heteroatoms. The Morgan fingerprint density at radius 1 is 1.00 bits per heavy atom. The Bertz CT molecular complexity index is 300. The average molecular weight is 238 g/mol. The maximum Gasteiger partial charge on any atom is 0.171 e. The molecule has 2 nitrogen and oxygen atoms in total. The van der Waals surface area contributed by atoms with Crippen molar-refractivity contribution >= 4 is 0 Å². The first-order chi connectivity index (χ1) is 7.95. The molecule has 1 aliphatic heterocycles. The minimum Gasteiger partial charge on any atom is -0.349 e. The Morgan fingerprint density at radius 2 is 1.65 bits per heavy atom. The molecule has 1 heterocycles. The summed E-state index contributed by atoms with van der Waals surface area (Å²) in [4.78, 5) is 0. The van der Waals surface area contributed by atoms with Gasteiger partial charge in [-0.15, -0.1) is 0 Å². The summed E-state index contributed by atoms with van der Waals surface area (Å²) in [6.07, 6.45) is 3.67. The first-order valence-electron chi connectivity index (χ1n) is 7.22. The van der Waals surface area contributed by atoms with E-state index in [4.69, 9.17) is 9.47 Å². The fraction of sp³-hybridized carbons (Fsp3) is 1.00. The summed E-state index contributed by atoms with van der Waals surface area (Å²) in [6.45, 7) is 11.1. The topological polar surface area (TPSA) is 18.5 Å². The molecule has 0 bridgehead atoms. The summed E-state index contributed by atoms with van der Waals surface area (Å²) in [5.41, 5.74) is 0.511. The molecule has 0 N–H and O–H groups in total. The lowest BCUT2D eigenvalue weighted by Gasteiger charge is -2.47. The second-order valence-corrected chi connectivity index (χ2v) is 7.38. The van der Waals surface area contributed by atoms with E-state index < -0.39 is 0 Å². The van der Waals surface area contributed by atoms with Gasteiger partial charge in [0.25, 0.3) is 0 Å². The number of hydrogen-bond acceptors (Lipinski definition) is 2. The summed E-state index contributed by atoms with van der Waals surface area (Å²) in [5.74, 6) is 2.59. The Kier molecular flexibility index (Phi) is 2.61. The number of fused-ring (bicyclic) bond motifs is 2. The number of hydrogen-bond donors (Lipinski definition) is 0. The molecule has 2 saturated carbocycles. The van der Waals surface area contributed by atoms with Gasteiger partial charge in [-0.05, 0) is 30.1 Å². The molecule has 0 radical (unpaired) electrons. The zero-order valence-corrected chi connectivity index (χ0v) is 11.7. The first kappa shape index (κ1) is 12.0. The highest BCUT2D eigenvalue weighted by Gasteiger charge is 2.64. The minimum absolute atomic E-state index is 0.189. The summed E-state index contributed by atoms with van der Waals surface area (Å²) >= 11 is 0. The monoisotopic (exact) mass is 238 g/mol. The fourth-order valence-electron chi connectivity index (χ4n) is 3.74. The molecule has 0 aromatic rings. The molecule has 3 aliphatic rings. The van der Waals surface area contributed by atoms with Crippen LogP contribution < -0.4 is 0 Å². The predicted octanol–water partition coefficient (Wildman–Crippen LogP) is 3.46. The molecule has 2 unspecified atom stereocenters. The predicted molar refractivity (Wildman–Crippen MR) is 67.6 cm³/mol. The van der Waals surface area contributed by atoms with Crippen LogP contribution in [0.15, 0.2) is 0 Å². The van der Waals surface area contributed by atoms with Crippen LogP contribution in [0.5, 0.6) is 0 Å². The largest absolute Gasteiger partial charge is 0.349 e. The van der Waals surface area contributed by atoms with E-state index in [-0.39, 0.29) is 5.79 Å². The van der Waals surface area contributed by atoms with Gasteiger partial charge in [0, 0.05) is 18.3 Å². The fourth-order valence-corrected chi connectivity index (χ4v) is 3.74. The van der Waals surface area contributed by atoms with Crippen LogP contribution in [0, 0.1) is 29.1 Å². The summed E-state index contributed by atoms with van der Waals surface area (Å²) in [7, 11) is 0. The summed E-state index contributed by atoms with van der Waals surface area (Å²) in [6, 6.07) is 0. The highest BCUT2D eigenvalue weighted by Crippen LogP contribution is 2.64. The van der Waals surface area contributed by atoms with E-state index in [1.54, 1.807) is 0 Å². The van der Waals surface area contributed by atoms with Crippen LogP contribution in [-0.2, 0) is 9.47 Å². The van der Waals surface area contributed by atoms with Crippen LogP contribution in [0.3, 0.4) is 0 Å². The average Bonchev–Trinajstić information content (AvgIpc) is 3.07. The maximum absolute atomic E-state index is 6.21. The van der Waals surface area contributed by atoms with Crippen molar-refractivity contribution in [2.75, 3.05) is 13.2 Å². The maximum atomic E-state index is 6.21. The van der Waals surface area contributed by atoms with Gasteiger partial charge in [-0.1, -0.05) is 27.7 Å². The highest BCUT2D eigenvalue weighted by atomic mass is 16.7. The van der Waals surface area contributed by atoms with Crippen molar-refractivity contribution in [2.24, 2.45) is 29.1 Å². The van der Waals surface area contributed by atoms with Crippen LogP contribution in [0.4, 0.5) is 0 Å². The van der Waals surface area contributed by atoms with Crippen LogP contribution in [0.2, 0.25) is 0 Å². The third-order valence-corrected chi connectivity index (χ3v) is 5.50. The third kappa shape index (κ3) is 1.84. The van der Waals surface area contributed by atoms with Gasteiger partial charge in [-0.25, -0.2) is 0 Å². The second kappa shape index (κ2) is 3.71. The van der Waals surface area contributed by atoms with Crippen molar-refractivity contribution in [2.45, 2.75) is 52.7 Å². The molecule has 0 amide bonds. The van der Waals surface area contributed by atoms with Gasteiger partial charge in [0.1, 0.15) is 0 Å². The summed E-state index contributed by atoms with van der Waals surface area (Å²) in [5, 5.41) is 0. The molecule has 0 aromatic carbocycles. The normalized spacial score (nSPS) is 48.2. The molecule has 2 atom stereocenters. The van der Waals surface area contributed by atoms with Gasteiger partial charge in [-0.3, -0.25) is 0 Å². The van der Waals surface area contributed by atoms with Crippen molar-refractivity contribution in [3.8, 4) is 0 Å². The number of rotatable bonds is 1. The van der Waals surface area contributed by atoms with Crippen LogP contribution in [0.25, 0.3) is 0 Å². The van der Waals surface area contributed by atoms with E-state index in [1.165, 1.54) is 12.8 Å². The molecule has 2 aliphatic carbocycles. The Labute approximate surface area is 105 Å². The molecular formula is C15H26O2. The molecule has 0 aromatic heterocycles. The van der Waals surface area contributed by atoms with Gasteiger partial charge >= 0.3 is 0 Å². The smallest absolute Gasteiger partial charge is 0.171 e. The summed E-state index contributed by atoms with van der Waals surface area (Å²) < 4.78 is 12.4. The van der Waals surface area contributed by atoms with Crippen LogP contribution >= 0.6 is 0 Å². The molecule has 17 heavy (non-hydrogen) atoms. The van der Waals surface area contributed by atoms with E-state index >= 15 is 0 Å². The third-order valence-electron chi connectivity index (χ3n) is 5.50. The quantitative estimate of drug-likeness (QED) is 0.696. The zero-order valence-electron chi connectivity index (χ0n) is 11.7. The van der Waals surface area contributed by atoms with Crippen molar-refractivity contribution < 1.29 is 9.47 Å². The molecule has 1 saturated heterocycles. The molecule has 1 spiro atoms. The van der Waals surface area contributed by atoms with Crippen molar-refractivity contribution in [1.29, 1.82) is 0 Å². The van der Waals surface area contributed by atoms with Crippen molar-refractivity contribution in [1.82, 2.24) is 0 Å². The highest BCUT2D eigenvalue weighted by molar-refractivity contribution is 5.08. The molecule has 98 valence electrons. The SMILES string of the molecule is CC(C)C1COC2(CCC(C)(C)C3CC32)OC1. The van der Waals surface area contributed by atoms with Gasteiger partial charge in [0.05, 0.1) is 13.2 Å². The first-order valence-corrected chi connectivity index (χ1v) is 7.22. The lowest BCUT2D eigenvalue weighted by molar-refractivity contribution is -0.312. The van der Waals surface area contributed by atoms with E-state index in [0.29, 0.717) is 23.2 Å². The van der Waals surface area contributed by atoms with Crippen LogP contribution in [0.1, 0.15) is 47.0 Å². The second-order valence-electron chi connectivity index (χ2n) is 7.38. The van der Waals surface area contributed by atoms with Gasteiger partial charge in [0.2, 0.25) is 0 Å². The zero-order chi connectivity index (χ0) is 12.3. The van der Waals surface area contributed by atoms with Gasteiger partial charge in [0.15, 0.2) is 5.79 Å². The Morgan fingerprint density at radius 3 is 2.24 bits per heavy atom. The van der Waals surface area contributed by atoms with E-state index in [2.05, 4.69) is 27.7 Å². The van der Waals surface area contributed by atoms with E-state index in [1.807, 2.05) is 0 Å². The minimum atomic E-state index is -0.189. The standard InChI is InChI=1S/C15H26O2/c1-10(2)11-8-16-15(17-9-11)6-5-14(3,4)12-7-13(12)15/h10-13H,5-9H2,1-4H3. The van der Waals surface area contributed by atoms with E-state index in [9.17, 15) is 0 Å².